The van der Waals surface area contributed by atoms with Gasteiger partial charge in [-0.3, -0.25) is 0 Å². The summed E-state index contributed by atoms with van der Waals surface area (Å²) in [6, 6.07) is 7.23. The molecule has 0 amide bonds. The summed E-state index contributed by atoms with van der Waals surface area (Å²) in [7, 11) is 0. The Hall–Kier alpha value is -2.84. The molecule has 0 atom stereocenters. The van der Waals surface area contributed by atoms with Gasteiger partial charge in [-0.05, 0) is 59.8 Å². The zero-order chi connectivity index (χ0) is 22.0. The van der Waals surface area contributed by atoms with Gasteiger partial charge in [0, 0.05) is 36.2 Å². The molecule has 0 aliphatic carbocycles. The lowest BCUT2D eigenvalue weighted by atomic mass is 9.93. The molecule has 0 aliphatic heterocycles. The molecular formula is C23H10F6S2. The van der Waals surface area contributed by atoms with Crippen LogP contribution in [0.4, 0.5) is 26.3 Å². The molecule has 0 saturated heterocycles. The molecule has 2 aromatic heterocycles. The SMILES string of the molecule is Cc1cc2c(-c3cc(F)c(F)c(F)c3)c3sccc3c(-c3cc(F)c(F)c(F)c3)c2s1. The first-order valence-corrected chi connectivity index (χ1v) is 10.7. The first-order valence-electron chi connectivity index (χ1n) is 8.99. The standard InChI is InChI=1S/C23H10F6S2/c1-9-4-13-19(11-7-16(26)21(29)17(27)8-11)22-12(2-3-30-22)18(23(13)31-9)10-5-14(24)20(28)15(25)6-10/h2-8H,1H3. The van der Waals surface area contributed by atoms with Crippen molar-refractivity contribution in [2.75, 3.05) is 0 Å². The predicted octanol–water partition coefficient (Wildman–Crippen LogP) is 8.59. The highest BCUT2D eigenvalue weighted by Crippen LogP contribution is 2.49. The first-order chi connectivity index (χ1) is 14.8. The van der Waals surface area contributed by atoms with Gasteiger partial charge >= 0.3 is 0 Å². The Kier molecular flexibility index (Phi) is 4.60. The minimum Gasteiger partial charge on any atom is -0.204 e. The van der Waals surface area contributed by atoms with Crippen molar-refractivity contribution in [3.63, 3.8) is 0 Å². The Morgan fingerprint density at radius 1 is 0.613 bits per heavy atom. The number of benzene rings is 3. The molecule has 0 radical (unpaired) electrons. The van der Waals surface area contributed by atoms with Gasteiger partial charge in [0.05, 0.1) is 0 Å². The lowest BCUT2D eigenvalue weighted by Crippen LogP contribution is -1.94. The molecule has 8 heteroatoms. The van der Waals surface area contributed by atoms with E-state index in [0.29, 0.717) is 31.3 Å². The van der Waals surface area contributed by atoms with Crippen molar-refractivity contribution >= 4 is 42.8 Å². The fraction of sp³-hybridized carbons (Fsp3) is 0.0435. The molecule has 0 nitrogen and oxygen atoms in total. The number of thiophene rings is 2. The predicted molar refractivity (Wildman–Crippen MR) is 113 cm³/mol. The van der Waals surface area contributed by atoms with Crippen molar-refractivity contribution in [1.82, 2.24) is 0 Å². The van der Waals surface area contributed by atoms with Crippen molar-refractivity contribution in [2.24, 2.45) is 0 Å². The summed E-state index contributed by atoms with van der Waals surface area (Å²) in [5.74, 6) is -8.37. The van der Waals surface area contributed by atoms with Gasteiger partial charge in [-0.1, -0.05) is 0 Å². The lowest BCUT2D eigenvalue weighted by Gasteiger charge is -2.13. The van der Waals surface area contributed by atoms with Crippen molar-refractivity contribution in [3.8, 4) is 22.3 Å². The van der Waals surface area contributed by atoms with Crippen LogP contribution in [0.25, 0.3) is 42.4 Å². The first kappa shape index (κ1) is 20.1. The molecule has 2 heterocycles. The van der Waals surface area contributed by atoms with Gasteiger partial charge in [0.15, 0.2) is 34.9 Å². The molecule has 0 bridgehead atoms. The number of aryl methyl sites for hydroxylation is 1. The molecule has 3 aromatic carbocycles. The quantitative estimate of drug-likeness (QED) is 0.181. The van der Waals surface area contributed by atoms with E-state index >= 15 is 0 Å². The number of rotatable bonds is 2. The Balaban J connectivity index is 1.94. The highest BCUT2D eigenvalue weighted by atomic mass is 32.1. The van der Waals surface area contributed by atoms with Crippen LogP contribution in [0.3, 0.4) is 0 Å². The maximum Gasteiger partial charge on any atom is 0.194 e. The topological polar surface area (TPSA) is 0 Å². The summed E-state index contributed by atoms with van der Waals surface area (Å²) in [5, 5.41) is 2.92. The summed E-state index contributed by atoms with van der Waals surface area (Å²) in [6.07, 6.45) is 0. The Morgan fingerprint density at radius 3 is 1.61 bits per heavy atom. The van der Waals surface area contributed by atoms with Gasteiger partial charge in [-0.25, -0.2) is 26.3 Å². The van der Waals surface area contributed by atoms with E-state index in [1.165, 1.54) is 22.7 Å². The third kappa shape index (κ3) is 3.04. The van der Waals surface area contributed by atoms with E-state index in [4.69, 9.17) is 0 Å². The molecule has 5 rings (SSSR count). The van der Waals surface area contributed by atoms with Crippen LogP contribution < -0.4 is 0 Å². The average Bonchev–Trinajstić information content (AvgIpc) is 3.33. The number of hydrogen-bond acceptors (Lipinski definition) is 2. The fourth-order valence-electron chi connectivity index (χ4n) is 3.80. The zero-order valence-electron chi connectivity index (χ0n) is 15.6. The van der Waals surface area contributed by atoms with Crippen molar-refractivity contribution in [3.05, 3.63) is 81.6 Å². The van der Waals surface area contributed by atoms with Crippen LogP contribution in [0.5, 0.6) is 0 Å². The maximum atomic E-state index is 14.0. The fourth-order valence-corrected chi connectivity index (χ4v) is 5.89. The third-order valence-electron chi connectivity index (χ3n) is 5.06. The molecule has 0 N–H and O–H groups in total. The second-order valence-electron chi connectivity index (χ2n) is 7.02. The van der Waals surface area contributed by atoms with Gasteiger partial charge < -0.3 is 0 Å². The van der Waals surface area contributed by atoms with Crippen molar-refractivity contribution in [2.45, 2.75) is 6.92 Å². The molecule has 0 spiro atoms. The van der Waals surface area contributed by atoms with Crippen LogP contribution in [-0.4, -0.2) is 0 Å². The van der Waals surface area contributed by atoms with E-state index in [9.17, 15) is 26.3 Å². The molecular weight excluding hydrogens is 454 g/mol. The molecule has 0 aliphatic rings. The largest absolute Gasteiger partial charge is 0.204 e. The van der Waals surface area contributed by atoms with E-state index in [2.05, 4.69) is 0 Å². The monoisotopic (exact) mass is 464 g/mol. The summed E-state index contributed by atoms with van der Waals surface area (Å²) in [6.45, 7) is 1.82. The Labute approximate surface area is 180 Å². The molecule has 0 unspecified atom stereocenters. The second-order valence-corrected chi connectivity index (χ2v) is 9.19. The van der Waals surface area contributed by atoms with E-state index in [-0.39, 0.29) is 11.1 Å². The molecule has 0 saturated carbocycles. The summed E-state index contributed by atoms with van der Waals surface area (Å²) < 4.78 is 84.3. The third-order valence-corrected chi connectivity index (χ3v) is 7.06. The molecule has 0 fully saturated rings. The molecule has 31 heavy (non-hydrogen) atoms. The highest BCUT2D eigenvalue weighted by molar-refractivity contribution is 7.21. The van der Waals surface area contributed by atoms with Crippen LogP contribution in [-0.2, 0) is 0 Å². The van der Waals surface area contributed by atoms with E-state index < -0.39 is 34.9 Å². The minimum atomic E-state index is -1.56. The van der Waals surface area contributed by atoms with Gasteiger partial charge in [0.25, 0.3) is 0 Å². The Bertz CT molecular complexity index is 1360. The Morgan fingerprint density at radius 2 is 1.10 bits per heavy atom. The van der Waals surface area contributed by atoms with Crippen molar-refractivity contribution in [1.29, 1.82) is 0 Å². The number of hydrogen-bond donors (Lipinski definition) is 0. The minimum absolute atomic E-state index is 0.148. The highest BCUT2D eigenvalue weighted by Gasteiger charge is 2.23. The van der Waals surface area contributed by atoms with Crippen LogP contribution in [0.2, 0.25) is 0 Å². The summed E-state index contributed by atoms with van der Waals surface area (Å²) in [4.78, 5) is 0.848. The molecule has 5 aromatic rings. The van der Waals surface area contributed by atoms with Crippen LogP contribution in [0.1, 0.15) is 4.88 Å². The van der Waals surface area contributed by atoms with E-state index in [1.807, 2.05) is 6.92 Å². The average molecular weight is 464 g/mol. The normalized spacial score (nSPS) is 11.7. The van der Waals surface area contributed by atoms with Crippen LogP contribution in [0.15, 0.2) is 41.8 Å². The maximum absolute atomic E-state index is 14.0. The summed E-state index contributed by atoms with van der Waals surface area (Å²) in [5.41, 5.74) is 1.28. The van der Waals surface area contributed by atoms with Crippen LogP contribution in [0, 0.1) is 41.8 Å². The molecule has 156 valence electrons. The summed E-state index contributed by atoms with van der Waals surface area (Å²) >= 11 is 2.61. The zero-order valence-corrected chi connectivity index (χ0v) is 17.3. The van der Waals surface area contributed by atoms with E-state index in [1.54, 1.807) is 17.5 Å². The smallest absolute Gasteiger partial charge is 0.194 e. The van der Waals surface area contributed by atoms with Gasteiger partial charge in [0.2, 0.25) is 0 Å². The van der Waals surface area contributed by atoms with Crippen molar-refractivity contribution < 1.29 is 26.3 Å². The number of fused-ring (bicyclic) bond motifs is 2. The second kappa shape index (κ2) is 7.10. The van der Waals surface area contributed by atoms with E-state index in [0.717, 1.165) is 29.1 Å². The van der Waals surface area contributed by atoms with Gasteiger partial charge in [-0.15, -0.1) is 22.7 Å². The van der Waals surface area contributed by atoms with Gasteiger partial charge in [0.1, 0.15) is 0 Å². The van der Waals surface area contributed by atoms with Crippen LogP contribution >= 0.6 is 22.7 Å². The number of halogens is 6. The lowest BCUT2D eigenvalue weighted by molar-refractivity contribution is 0.447. The van der Waals surface area contributed by atoms with Gasteiger partial charge in [-0.2, -0.15) is 0 Å².